The van der Waals surface area contributed by atoms with Crippen LogP contribution in [0.3, 0.4) is 0 Å². The number of halogens is 1. The van der Waals surface area contributed by atoms with E-state index in [1.54, 1.807) is 24.4 Å². The van der Waals surface area contributed by atoms with Gasteiger partial charge in [-0.3, -0.25) is 4.79 Å². The van der Waals surface area contributed by atoms with E-state index in [4.69, 9.17) is 5.11 Å². The Bertz CT molecular complexity index is 798. The average Bonchev–Trinajstić information content (AvgIpc) is 2.89. The van der Waals surface area contributed by atoms with Gasteiger partial charge in [-0.25, -0.2) is 9.37 Å². The standard InChI is InChI=1S/C14H11FN4O2/c15-10-3-1-9(2-4-10)11-7-8-16-14-17-12(18-19(11)14)5-6-13(20)21/h1-4,7-8H,5-6H2,(H,20,21). The predicted molar refractivity (Wildman–Crippen MR) is 72.1 cm³/mol. The number of aryl methyl sites for hydroxylation is 1. The van der Waals surface area contributed by atoms with Crippen molar-refractivity contribution >= 4 is 11.7 Å². The summed E-state index contributed by atoms with van der Waals surface area (Å²) in [5.74, 6) is -0.415. The monoisotopic (exact) mass is 286 g/mol. The highest BCUT2D eigenvalue weighted by atomic mass is 19.1. The maximum atomic E-state index is 13.0. The SMILES string of the molecule is O=C(O)CCc1nc2nccc(-c3ccc(F)cc3)n2n1. The Kier molecular flexibility index (Phi) is 3.31. The number of hydrogen-bond acceptors (Lipinski definition) is 4. The molecule has 0 aliphatic carbocycles. The summed E-state index contributed by atoms with van der Waals surface area (Å²) in [5, 5.41) is 13.0. The van der Waals surface area contributed by atoms with E-state index in [0.29, 0.717) is 17.3 Å². The molecule has 1 aromatic carbocycles. The molecule has 0 aliphatic rings. The Morgan fingerprint density at radius 3 is 2.71 bits per heavy atom. The van der Waals surface area contributed by atoms with Crippen molar-refractivity contribution in [2.45, 2.75) is 12.8 Å². The van der Waals surface area contributed by atoms with Crippen LogP contribution in [0, 0.1) is 5.82 Å². The number of aliphatic carboxylic acids is 1. The van der Waals surface area contributed by atoms with Crippen LogP contribution in [0.15, 0.2) is 36.5 Å². The molecule has 3 rings (SSSR count). The lowest BCUT2D eigenvalue weighted by Gasteiger charge is -2.03. The fourth-order valence-corrected chi connectivity index (χ4v) is 2.00. The average molecular weight is 286 g/mol. The minimum atomic E-state index is -0.902. The molecule has 0 saturated heterocycles. The number of benzene rings is 1. The number of nitrogens with zero attached hydrogens (tertiary/aromatic N) is 4. The third-order valence-electron chi connectivity index (χ3n) is 2.99. The number of carboxylic acids is 1. The van der Waals surface area contributed by atoms with E-state index in [1.807, 2.05) is 0 Å². The van der Waals surface area contributed by atoms with E-state index in [2.05, 4.69) is 15.1 Å². The minimum absolute atomic E-state index is 0.0389. The van der Waals surface area contributed by atoms with E-state index in [9.17, 15) is 9.18 Å². The van der Waals surface area contributed by atoms with E-state index in [1.165, 1.54) is 16.6 Å². The van der Waals surface area contributed by atoms with Gasteiger partial charge in [-0.15, -0.1) is 5.10 Å². The first-order chi connectivity index (χ1) is 10.1. The Labute approximate surface area is 118 Å². The van der Waals surface area contributed by atoms with Gasteiger partial charge < -0.3 is 5.11 Å². The molecule has 1 N–H and O–H groups in total. The molecule has 0 bridgehead atoms. The van der Waals surface area contributed by atoms with Crippen molar-refractivity contribution in [2.75, 3.05) is 0 Å². The van der Waals surface area contributed by atoms with E-state index in [-0.39, 0.29) is 18.7 Å². The van der Waals surface area contributed by atoms with Crippen LogP contribution in [0.25, 0.3) is 17.0 Å². The summed E-state index contributed by atoms with van der Waals surface area (Å²) in [6.45, 7) is 0. The van der Waals surface area contributed by atoms with Crippen molar-refractivity contribution in [1.29, 1.82) is 0 Å². The summed E-state index contributed by atoms with van der Waals surface area (Å²) in [6, 6.07) is 7.76. The van der Waals surface area contributed by atoms with Crippen LogP contribution in [0.5, 0.6) is 0 Å². The molecule has 7 heteroatoms. The summed E-state index contributed by atoms with van der Waals surface area (Å²) in [7, 11) is 0. The van der Waals surface area contributed by atoms with Crippen LogP contribution < -0.4 is 0 Å². The Morgan fingerprint density at radius 1 is 1.24 bits per heavy atom. The van der Waals surface area contributed by atoms with Gasteiger partial charge in [0.2, 0.25) is 0 Å². The molecule has 2 heterocycles. The number of hydrogen-bond donors (Lipinski definition) is 1. The molecular weight excluding hydrogens is 275 g/mol. The number of rotatable bonds is 4. The summed E-state index contributed by atoms with van der Waals surface area (Å²) >= 11 is 0. The second-order valence-corrected chi connectivity index (χ2v) is 4.47. The zero-order valence-electron chi connectivity index (χ0n) is 10.9. The zero-order valence-corrected chi connectivity index (χ0v) is 10.9. The normalized spacial score (nSPS) is 10.9. The maximum Gasteiger partial charge on any atom is 0.303 e. The minimum Gasteiger partial charge on any atom is -0.481 e. The smallest absolute Gasteiger partial charge is 0.303 e. The van der Waals surface area contributed by atoms with Gasteiger partial charge in [0, 0.05) is 18.2 Å². The van der Waals surface area contributed by atoms with Gasteiger partial charge in [0.1, 0.15) is 5.82 Å². The van der Waals surface area contributed by atoms with E-state index in [0.717, 1.165) is 5.56 Å². The van der Waals surface area contributed by atoms with Gasteiger partial charge in [-0.05, 0) is 30.3 Å². The van der Waals surface area contributed by atoms with Crippen LogP contribution >= 0.6 is 0 Å². The first kappa shape index (κ1) is 13.2. The molecule has 0 aliphatic heterocycles. The molecule has 0 amide bonds. The van der Waals surface area contributed by atoms with Gasteiger partial charge in [-0.2, -0.15) is 9.50 Å². The van der Waals surface area contributed by atoms with Crippen LogP contribution in [0.4, 0.5) is 4.39 Å². The molecule has 3 aromatic rings. The molecule has 21 heavy (non-hydrogen) atoms. The summed E-state index contributed by atoms with van der Waals surface area (Å²) in [5.41, 5.74) is 1.49. The quantitative estimate of drug-likeness (QED) is 0.792. The maximum absolute atomic E-state index is 13.0. The molecule has 0 atom stereocenters. The first-order valence-corrected chi connectivity index (χ1v) is 6.32. The summed E-state index contributed by atoms with van der Waals surface area (Å²) in [4.78, 5) is 18.9. The van der Waals surface area contributed by atoms with E-state index < -0.39 is 5.97 Å². The number of carboxylic acid groups (broad SMARTS) is 1. The van der Waals surface area contributed by atoms with E-state index >= 15 is 0 Å². The Morgan fingerprint density at radius 2 is 2.00 bits per heavy atom. The Hall–Kier alpha value is -2.83. The lowest BCUT2D eigenvalue weighted by atomic mass is 10.1. The largest absolute Gasteiger partial charge is 0.481 e. The number of carbonyl (C=O) groups is 1. The Balaban J connectivity index is 2.03. The van der Waals surface area contributed by atoms with Gasteiger partial charge >= 0.3 is 5.97 Å². The van der Waals surface area contributed by atoms with Gasteiger partial charge in [0.15, 0.2) is 5.82 Å². The van der Waals surface area contributed by atoms with Crippen molar-refractivity contribution in [3.63, 3.8) is 0 Å². The number of fused-ring (bicyclic) bond motifs is 1. The third-order valence-corrected chi connectivity index (χ3v) is 2.99. The van der Waals surface area contributed by atoms with Gasteiger partial charge in [0.25, 0.3) is 5.78 Å². The third kappa shape index (κ3) is 2.71. The van der Waals surface area contributed by atoms with Crippen molar-refractivity contribution in [1.82, 2.24) is 19.6 Å². The highest BCUT2D eigenvalue weighted by Crippen LogP contribution is 2.19. The fraction of sp³-hybridized carbons (Fsp3) is 0.143. The predicted octanol–water partition coefficient (Wildman–Crippen LogP) is 1.95. The molecule has 0 spiro atoms. The van der Waals surface area contributed by atoms with Crippen LogP contribution in [-0.2, 0) is 11.2 Å². The molecule has 0 fully saturated rings. The molecule has 0 radical (unpaired) electrons. The highest BCUT2D eigenvalue weighted by Gasteiger charge is 2.11. The van der Waals surface area contributed by atoms with Crippen LogP contribution in [-0.4, -0.2) is 30.7 Å². The zero-order chi connectivity index (χ0) is 14.8. The number of aromatic nitrogens is 4. The van der Waals surface area contributed by atoms with Crippen LogP contribution in [0.2, 0.25) is 0 Å². The van der Waals surface area contributed by atoms with Crippen molar-refractivity contribution in [2.24, 2.45) is 0 Å². The summed E-state index contributed by atoms with van der Waals surface area (Å²) in [6.07, 6.45) is 1.79. The fourth-order valence-electron chi connectivity index (χ4n) is 2.00. The summed E-state index contributed by atoms with van der Waals surface area (Å²) < 4.78 is 14.5. The topological polar surface area (TPSA) is 80.4 Å². The van der Waals surface area contributed by atoms with Crippen molar-refractivity contribution in [3.05, 3.63) is 48.2 Å². The lowest BCUT2D eigenvalue weighted by molar-refractivity contribution is -0.137. The molecule has 6 nitrogen and oxygen atoms in total. The van der Waals surface area contributed by atoms with Gasteiger partial charge in [0.05, 0.1) is 12.1 Å². The highest BCUT2D eigenvalue weighted by molar-refractivity contribution is 5.67. The molecule has 106 valence electrons. The molecule has 2 aromatic heterocycles. The van der Waals surface area contributed by atoms with Crippen LogP contribution in [0.1, 0.15) is 12.2 Å². The molecule has 0 unspecified atom stereocenters. The second-order valence-electron chi connectivity index (χ2n) is 4.47. The lowest BCUT2D eigenvalue weighted by Crippen LogP contribution is -1.99. The molecular formula is C14H11FN4O2. The first-order valence-electron chi connectivity index (χ1n) is 6.32. The van der Waals surface area contributed by atoms with Crippen molar-refractivity contribution in [3.8, 4) is 11.3 Å². The second kappa shape index (κ2) is 5.28. The molecule has 0 saturated carbocycles. The van der Waals surface area contributed by atoms with Crippen molar-refractivity contribution < 1.29 is 14.3 Å². The van der Waals surface area contributed by atoms with Gasteiger partial charge in [-0.1, -0.05) is 0 Å².